The maximum absolute atomic E-state index is 13.1. The summed E-state index contributed by atoms with van der Waals surface area (Å²) in [5.41, 5.74) is 4.18. The lowest BCUT2D eigenvalue weighted by Gasteiger charge is -2.36. The molecule has 0 radical (unpaired) electrons. The minimum absolute atomic E-state index is 0.0967. The zero-order valence-corrected chi connectivity index (χ0v) is 16.4. The summed E-state index contributed by atoms with van der Waals surface area (Å²) in [4.78, 5) is 32.6. The summed E-state index contributed by atoms with van der Waals surface area (Å²) in [5.74, 6) is -0.0967. The van der Waals surface area contributed by atoms with Gasteiger partial charge in [-0.25, -0.2) is 4.79 Å². The van der Waals surface area contributed by atoms with E-state index in [9.17, 15) is 9.59 Å². The van der Waals surface area contributed by atoms with Crippen molar-refractivity contribution in [1.29, 1.82) is 0 Å². The number of rotatable bonds is 2. The van der Waals surface area contributed by atoms with Crippen LogP contribution in [0.5, 0.6) is 0 Å². The Labute approximate surface area is 165 Å². The quantitative estimate of drug-likeness (QED) is 0.627. The molecule has 1 aromatic heterocycles. The number of carbonyl (C=O) groups is 2. The highest BCUT2D eigenvalue weighted by atomic mass is 79.9. The number of hydrogen-bond donors (Lipinski definition) is 1. The molecule has 0 bridgehead atoms. The van der Waals surface area contributed by atoms with Crippen molar-refractivity contribution in [3.63, 3.8) is 0 Å². The Kier molecular flexibility index (Phi) is 3.65. The largest absolute Gasteiger partial charge is 0.356 e. The maximum Gasteiger partial charge on any atom is 0.328 e. The molecule has 2 aliphatic rings. The van der Waals surface area contributed by atoms with Crippen LogP contribution in [-0.2, 0) is 11.2 Å². The Morgan fingerprint density at radius 3 is 2.59 bits per heavy atom. The van der Waals surface area contributed by atoms with Crippen molar-refractivity contribution >= 4 is 38.8 Å². The van der Waals surface area contributed by atoms with E-state index in [0.29, 0.717) is 13.0 Å². The molecule has 5 rings (SSSR count). The van der Waals surface area contributed by atoms with Gasteiger partial charge in [-0.05, 0) is 36.2 Å². The molecule has 1 fully saturated rings. The van der Waals surface area contributed by atoms with Gasteiger partial charge in [0, 0.05) is 34.0 Å². The lowest BCUT2D eigenvalue weighted by Crippen LogP contribution is -2.44. The average Bonchev–Trinajstić information content (AvgIpc) is 3.16. The summed E-state index contributed by atoms with van der Waals surface area (Å²) in [7, 11) is 0. The third kappa shape index (κ3) is 2.29. The van der Waals surface area contributed by atoms with Gasteiger partial charge in [0.05, 0.1) is 0 Å². The molecular weight excluding hydrogens is 406 g/mol. The fraction of sp³-hybridized carbons (Fsp3) is 0.238. The molecular formula is C21H18BrN3O2. The van der Waals surface area contributed by atoms with Crippen LogP contribution in [0.25, 0.3) is 10.9 Å². The van der Waals surface area contributed by atoms with Crippen molar-refractivity contribution in [2.24, 2.45) is 0 Å². The van der Waals surface area contributed by atoms with Gasteiger partial charge in [-0.15, -0.1) is 0 Å². The Morgan fingerprint density at radius 2 is 1.85 bits per heavy atom. The summed E-state index contributed by atoms with van der Waals surface area (Å²) in [6.07, 6.45) is 0.549. The first-order chi connectivity index (χ1) is 13.1. The molecule has 136 valence electrons. The van der Waals surface area contributed by atoms with E-state index < -0.39 is 6.04 Å². The maximum atomic E-state index is 13.1. The van der Waals surface area contributed by atoms with Crippen LogP contribution in [0, 0.1) is 0 Å². The number of aromatic amines is 1. The predicted molar refractivity (Wildman–Crippen MR) is 106 cm³/mol. The fourth-order valence-corrected chi connectivity index (χ4v) is 4.68. The number of halogens is 1. The SMILES string of the molecule is CCN1C(=O)[C@@H]2Cc3c([nH]c4ccccc34)[C@H](c3ccc(Br)cc3)N2C1=O. The van der Waals surface area contributed by atoms with Gasteiger partial charge >= 0.3 is 6.03 Å². The second-order valence-electron chi connectivity index (χ2n) is 7.01. The fourth-order valence-electron chi connectivity index (χ4n) is 4.41. The third-order valence-electron chi connectivity index (χ3n) is 5.64. The smallest absolute Gasteiger partial charge is 0.328 e. The molecule has 0 spiro atoms. The number of benzene rings is 2. The highest BCUT2D eigenvalue weighted by Crippen LogP contribution is 2.44. The van der Waals surface area contributed by atoms with Gasteiger partial charge in [0.15, 0.2) is 0 Å². The molecule has 6 heteroatoms. The Balaban J connectivity index is 1.75. The normalized spacial score (nSPS) is 21.7. The number of para-hydroxylation sites is 1. The third-order valence-corrected chi connectivity index (χ3v) is 6.17. The molecule has 3 aromatic rings. The summed E-state index contributed by atoms with van der Waals surface area (Å²) in [6.45, 7) is 2.24. The number of H-pyrrole nitrogens is 1. The highest BCUT2D eigenvalue weighted by Gasteiger charge is 2.51. The van der Waals surface area contributed by atoms with Crippen molar-refractivity contribution in [1.82, 2.24) is 14.8 Å². The topological polar surface area (TPSA) is 56.4 Å². The molecule has 1 N–H and O–H groups in total. The monoisotopic (exact) mass is 423 g/mol. The number of nitrogens with zero attached hydrogens (tertiary/aromatic N) is 2. The first-order valence-corrected chi connectivity index (χ1v) is 9.88. The number of aromatic nitrogens is 1. The number of nitrogens with one attached hydrogen (secondary N) is 1. The summed E-state index contributed by atoms with van der Waals surface area (Å²) < 4.78 is 0.981. The molecule has 2 aromatic carbocycles. The first kappa shape index (κ1) is 16.6. The van der Waals surface area contributed by atoms with Crippen LogP contribution in [0.4, 0.5) is 4.79 Å². The van der Waals surface area contributed by atoms with E-state index in [4.69, 9.17) is 0 Å². The molecule has 0 aliphatic carbocycles. The van der Waals surface area contributed by atoms with E-state index in [-0.39, 0.29) is 18.0 Å². The van der Waals surface area contributed by atoms with Crippen LogP contribution in [0.15, 0.2) is 53.0 Å². The van der Waals surface area contributed by atoms with Gasteiger partial charge in [0.2, 0.25) is 0 Å². The minimum Gasteiger partial charge on any atom is -0.356 e. The van der Waals surface area contributed by atoms with Crippen molar-refractivity contribution in [2.45, 2.75) is 25.4 Å². The lowest BCUT2D eigenvalue weighted by molar-refractivity contribution is -0.128. The molecule has 0 unspecified atom stereocenters. The van der Waals surface area contributed by atoms with Gasteiger partial charge in [-0.3, -0.25) is 14.6 Å². The van der Waals surface area contributed by atoms with Gasteiger partial charge in [-0.1, -0.05) is 46.3 Å². The zero-order valence-electron chi connectivity index (χ0n) is 14.8. The van der Waals surface area contributed by atoms with Crippen LogP contribution in [-0.4, -0.2) is 39.3 Å². The summed E-state index contributed by atoms with van der Waals surface area (Å²) in [5, 5.41) is 1.13. The van der Waals surface area contributed by atoms with Crippen LogP contribution >= 0.6 is 15.9 Å². The summed E-state index contributed by atoms with van der Waals surface area (Å²) >= 11 is 3.48. The molecule has 5 nitrogen and oxygen atoms in total. The average molecular weight is 424 g/mol. The van der Waals surface area contributed by atoms with E-state index >= 15 is 0 Å². The summed E-state index contributed by atoms with van der Waals surface area (Å²) in [6, 6.07) is 15.2. The number of imide groups is 1. The Bertz CT molecular complexity index is 1070. The number of likely N-dealkylation sites (N-methyl/N-ethyl adjacent to an activating group) is 1. The number of urea groups is 1. The van der Waals surface area contributed by atoms with Gasteiger partial charge < -0.3 is 4.98 Å². The molecule has 2 atom stereocenters. The second kappa shape index (κ2) is 5.96. The molecule has 1 saturated heterocycles. The van der Waals surface area contributed by atoms with Crippen molar-refractivity contribution in [3.8, 4) is 0 Å². The minimum atomic E-state index is -0.446. The van der Waals surface area contributed by atoms with Crippen LogP contribution < -0.4 is 0 Å². The lowest BCUT2D eigenvalue weighted by atomic mass is 9.89. The standard InChI is InChI=1S/C21H18BrN3O2/c1-2-24-20(26)17-11-15-14-5-3-4-6-16(14)23-18(15)19(25(17)21(24)27)12-7-9-13(22)10-8-12/h3-10,17,19,23H,2,11H2,1H3/t17-,19-/m0/s1. The number of amides is 3. The van der Waals surface area contributed by atoms with Crippen molar-refractivity contribution < 1.29 is 9.59 Å². The van der Waals surface area contributed by atoms with E-state index in [1.165, 1.54) is 4.90 Å². The molecule has 2 aliphatic heterocycles. The van der Waals surface area contributed by atoms with Crippen molar-refractivity contribution in [2.75, 3.05) is 6.54 Å². The number of carbonyl (C=O) groups excluding carboxylic acids is 2. The number of fused-ring (bicyclic) bond motifs is 4. The van der Waals surface area contributed by atoms with Crippen LogP contribution in [0.2, 0.25) is 0 Å². The molecule has 0 saturated carbocycles. The van der Waals surface area contributed by atoms with Gasteiger partial charge in [0.25, 0.3) is 5.91 Å². The Morgan fingerprint density at radius 1 is 1.11 bits per heavy atom. The zero-order chi connectivity index (χ0) is 18.7. The van der Waals surface area contributed by atoms with Gasteiger partial charge in [-0.2, -0.15) is 0 Å². The van der Waals surface area contributed by atoms with Crippen LogP contribution in [0.3, 0.4) is 0 Å². The Hall–Kier alpha value is -2.60. The molecule has 3 amide bonds. The predicted octanol–water partition coefficient (Wildman–Crippen LogP) is 4.23. The first-order valence-electron chi connectivity index (χ1n) is 9.08. The molecule has 3 heterocycles. The molecule has 27 heavy (non-hydrogen) atoms. The van der Waals surface area contributed by atoms with Gasteiger partial charge in [0.1, 0.15) is 12.1 Å². The van der Waals surface area contributed by atoms with Crippen molar-refractivity contribution in [3.05, 3.63) is 69.8 Å². The van der Waals surface area contributed by atoms with Crippen LogP contribution in [0.1, 0.15) is 29.8 Å². The second-order valence-corrected chi connectivity index (χ2v) is 7.92. The van der Waals surface area contributed by atoms with E-state index in [0.717, 1.165) is 32.2 Å². The van der Waals surface area contributed by atoms with E-state index in [1.54, 1.807) is 4.90 Å². The van der Waals surface area contributed by atoms with E-state index in [2.05, 4.69) is 27.0 Å². The highest BCUT2D eigenvalue weighted by molar-refractivity contribution is 9.10. The number of hydrogen-bond acceptors (Lipinski definition) is 2. The van der Waals surface area contributed by atoms with E-state index in [1.807, 2.05) is 49.4 Å².